The largest absolute Gasteiger partial charge is 0.331 e. The maximum Gasteiger partial charge on any atom is 0.245 e. The average molecular weight is 292 g/mol. The Morgan fingerprint density at radius 2 is 1.90 bits per heavy atom. The highest BCUT2D eigenvalue weighted by Crippen LogP contribution is 2.44. The van der Waals surface area contributed by atoms with E-state index in [2.05, 4.69) is 13.8 Å². The lowest BCUT2D eigenvalue weighted by Gasteiger charge is -2.42. The van der Waals surface area contributed by atoms with Gasteiger partial charge in [0.05, 0.1) is 6.54 Å². The van der Waals surface area contributed by atoms with Gasteiger partial charge in [-0.2, -0.15) is 0 Å². The third-order valence-electron chi connectivity index (χ3n) is 5.53. The van der Waals surface area contributed by atoms with E-state index in [-0.39, 0.29) is 23.3 Å². The van der Waals surface area contributed by atoms with E-state index in [1.165, 1.54) is 32.1 Å². The molecular weight excluding hydrogens is 264 g/mol. The summed E-state index contributed by atoms with van der Waals surface area (Å²) in [4.78, 5) is 28.7. The maximum atomic E-state index is 12.7. The fourth-order valence-electron chi connectivity index (χ4n) is 4.82. The zero-order chi connectivity index (χ0) is 15.0. The van der Waals surface area contributed by atoms with Crippen LogP contribution < -0.4 is 0 Å². The molecule has 0 aromatic carbocycles. The van der Waals surface area contributed by atoms with Crippen LogP contribution in [0.1, 0.15) is 58.8 Å². The van der Waals surface area contributed by atoms with Gasteiger partial charge in [-0.1, -0.05) is 26.7 Å². The van der Waals surface area contributed by atoms with E-state index in [4.69, 9.17) is 0 Å². The van der Waals surface area contributed by atoms with Gasteiger partial charge in [0.15, 0.2) is 0 Å². The number of carbonyl (C=O) groups is 2. The number of carbonyl (C=O) groups excluding carboxylic acids is 2. The standard InChI is InChI=1S/C17H28N2O2/c1-13(2)10-17(7-3-4-8-17)12-18-11-15(20)19-9-5-6-14(19)16(18)21/h13-14H,3-12H2,1-2H3. The van der Waals surface area contributed by atoms with E-state index >= 15 is 0 Å². The maximum absolute atomic E-state index is 12.7. The monoisotopic (exact) mass is 292 g/mol. The van der Waals surface area contributed by atoms with Crippen molar-refractivity contribution in [3.05, 3.63) is 0 Å². The van der Waals surface area contributed by atoms with Crippen LogP contribution in [0.5, 0.6) is 0 Å². The number of nitrogens with zero attached hydrogens (tertiary/aromatic N) is 2. The molecule has 0 N–H and O–H groups in total. The van der Waals surface area contributed by atoms with Gasteiger partial charge < -0.3 is 9.80 Å². The Labute approximate surface area is 127 Å². The fraction of sp³-hybridized carbons (Fsp3) is 0.882. The SMILES string of the molecule is CC(C)CC1(CN2CC(=O)N3CCCC3C2=O)CCCC1. The van der Waals surface area contributed by atoms with Gasteiger partial charge in [-0.3, -0.25) is 9.59 Å². The first-order chi connectivity index (χ1) is 10.0. The molecule has 3 fully saturated rings. The van der Waals surface area contributed by atoms with Crippen molar-refractivity contribution in [3.63, 3.8) is 0 Å². The van der Waals surface area contributed by atoms with E-state index in [9.17, 15) is 9.59 Å². The zero-order valence-electron chi connectivity index (χ0n) is 13.4. The van der Waals surface area contributed by atoms with Crippen LogP contribution in [0.2, 0.25) is 0 Å². The van der Waals surface area contributed by atoms with Crippen LogP contribution in [-0.4, -0.2) is 47.3 Å². The van der Waals surface area contributed by atoms with Crippen molar-refractivity contribution < 1.29 is 9.59 Å². The van der Waals surface area contributed by atoms with E-state index in [1.54, 1.807) is 0 Å². The molecule has 2 amide bonds. The molecule has 21 heavy (non-hydrogen) atoms. The minimum atomic E-state index is -0.149. The molecule has 0 aromatic rings. The lowest BCUT2D eigenvalue weighted by Crippen LogP contribution is -2.59. The molecule has 3 aliphatic rings. The summed E-state index contributed by atoms with van der Waals surface area (Å²) < 4.78 is 0. The quantitative estimate of drug-likeness (QED) is 0.798. The molecule has 2 aliphatic heterocycles. The topological polar surface area (TPSA) is 40.6 Å². The van der Waals surface area contributed by atoms with Crippen LogP contribution >= 0.6 is 0 Å². The van der Waals surface area contributed by atoms with Gasteiger partial charge in [-0.15, -0.1) is 0 Å². The summed E-state index contributed by atoms with van der Waals surface area (Å²) in [7, 11) is 0. The molecule has 3 rings (SSSR count). The van der Waals surface area contributed by atoms with Gasteiger partial charge >= 0.3 is 0 Å². The minimum Gasteiger partial charge on any atom is -0.331 e. The van der Waals surface area contributed by atoms with E-state index in [1.807, 2.05) is 9.80 Å². The Bertz CT molecular complexity index is 427. The lowest BCUT2D eigenvalue weighted by molar-refractivity contribution is -0.155. The second-order valence-electron chi connectivity index (χ2n) is 7.74. The molecular formula is C17H28N2O2. The van der Waals surface area contributed by atoms with Crippen LogP contribution in [-0.2, 0) is 9.59 Å². The fourth-order valence-corrected chi connectivity index (χ4v) is 4.82. The van der Waals surface area contributed by atoms with Crippen LogP contribution in [0.15, 0.2) is 0 Å². The molecule has 1 saturated carbocycles. The van der Waals surface area contributed by atoms with Crippen molar-refractivity contribution >= 4 is 11.8 Å². The number of amides is 2. The van der Waals surface area contributed by atoms with Crippen molar-refractivity contribution in [2.45, 2.75) is 64.8 Å². The predicted molar refractivity (Wildman–Crippen MR) is 81.7 cm³/mol. The average Bonchev–Trinajstić information content (AvgIpc) is 3.04. The highest BCUT2D eigenvalue weighted by molar-refractivity contribution is 5.95. The Kier molecular flexibility index (Phi) is 3.98. The van der Waals surface area contributed by atoms with Crippen LogP contribution in [0.4, 0.5) is 0 Å². The van der Waals surface area contributed by atoms with Gasteiger partial charge in [-0.05, 0) is 43.4 Å². The number of hydrogen-bond donors (Lipinski definition) is 0. The van der Waals surface area contributed by atoms with E-state index in [0.717, 1.165) is 25.9 Å². The molecule has 4 heteroatoms. The van der Waals surface area contributed by atoms with Crippen molar-refractivity contribution in [1.29, 1.82) is 0 Å². The van der Waals surface area contributed by atoms with Crippen LogP contribution in [0.3, 0.4) is 0 Å². The summed E-state index contributed by atoms with van der Waals surface area (Å²) >= 11 is 0. The number of hydrogen-bond acceptors (Lipinski definition) is 2. The second kappa shape index (κ2) is 5.62. The van der Waals surface area contributed by atoms with E-state index in [0.29, 0.717) is 12.5 Å². The van der Waals surface area contributed by atoms with Gasteiger partial charge in [-0.25, -0.2) is 0 Å². The molecule has 0 spiro atoms. The van der Waals surface area contributed by atoms with Crippen molar-refractivity contribution in [2.24, 2.45) is 11.3 Å². The normalized spacial score (nSPS) is 28.6. The molecule has 1 aliphatic carbocycles. The van der Waals surface area contributed by atoms with Crippen LogP contribution in [0, 0.1) is 11.3 Å². The number of piperazine rings is 1. The highest BCUT2D eigenvalue weighted by atomic mass is 16.2. The molecule has 1 atom stereocenters. The summed E-state index contributed by atoms with van der Waals surface area (Å²) in [6.45, 7) is 6.43. The molecule has 2 saturated heterocycles. The lowest BCUT2D eigenvalue weighted by atomic mass is 9.78. The van der Waals surface area contributed by atoms with Gasteiger partial charge in [0.25, 0.3) is 0 Å². The molecule has 2 heterocycles. The third-order valence-corrected chi connectivity index (χ3v) is 5.53. The Hall–Kier alpha value is -1.06. The first kappa shape index (κ1) is 14.9. The Balaban J connectivity index is 1.73. The second-order valence-corrected chi connectivity index (χ2v) is 7.74. The minimum absolute atomic E-state index is 0.149. The first-order valence-electron chi connectivity index (χ1n) is 8.59. The third kappa shape index (κ3) is 2.82. The predicted octanol–water partition coefficient (Wildman–Crippen LogP) is 2.43. The van der Waals surface area contributed by atoms with Gasteiger partial charge in [0, 0.05) is 13.1 Å². The number of fused-ring (bicyclic) bond motifs is 1. The smallest absolute Gasteiger partial charge is 0.245 e. The molecule has 0 aromatic heterocycles. The Morgan fingerprint density at radius 3 is 2.57 bits per heavy atom. The van der Waals surface area contributed by atoms with Crippen molar-refractivity contribution in [3.8, 4) is 0 Å². The zero-order valence-corrected chi connectivity index (χ0v) is 13.4. The molecule has 0 bridgehead atoms. The molecule has 118 valence electrons. The summed E-state index contributed by atoms with van der Waals surface area (Å²) in [6, 6.07) is -0.149. The van der Waals surface area contributed by atoms with Gasteiger partial charge in [0.2, 0.25) is 11.8 Å². The van der Waals surface area contributed by atoms with Gasteiger partial charge in [0.1, 0.15) is 6.04 Å². The molecule has 1 unspecified atom stereocenters. The molecule has 4 nitrogen and oxygen atoms in total. The summed E-state index contributed by atoms with van der Waals surface area (Å²) in [5, 5.41) is 0. The van der Waals surface area contributed by atoms with Crippen LogP contribution in [0.25, 0.3) is 0 Å². The van der Waals surface area contributed by atoms with E-state index < -0.39 is 0 Å². The molecule has 0 radical (unpaired) electrons. The first-order valence-corrected chi connectivity index (χ1v) is 8.59. The highest BCUT2D eigenvalue weighted by Gasteiger charge is 2.45. The summed E-state index contributed by atoms with van der Waals surface area (Å²) in [5.41, 5.74) is 0.269. The number of rotatable bonds is 4. The summed E-state index contributed by atoms with van der Waals surface area (Å²) in [6.07, 6.45) is 8.01. The van der Waals surface area contributed by atoms with Crippen molar-refractivity contribution in [2.75, 3.05) is 19.6 Å². The van der Waals surface area contributed by atoms with Crippen molar-refractivity contribution in [1.82, 2.24) is 9.80 Å². The Morgan fingerprint density at radius 1 is 1.19 bits per heavy atom. The summed E-state index contributed by atoms with van der Waals surface area (Å²) in [5.74, 6) is 1.03.